The molecule has 0 saturated heterocycles. The van der Waals surface area contributed by atoms with E-state index in [9.17, 15) is 9.90 Å². The van der Waals surface area contributed by atoms with Crippen molar-refractivity contribution in [3.63, 3.8) is 0 Å². The first kappa shape index (κ1) is 12.8. The van der Waals surface area contributed by atoms with Crippen molar-refractivity contribution >= 4 is 29.2 Å². The highest BCUT2D eigenvalue weighted by Gasteiger charge is 2.21. The number of esters is 1. The van der Waals surface area contributed by atoms with E-state index in [4.69, 9.17) is 29.6 Å². The summed E-state index contributed by atoms with van der Waals surface area (Å²) in [6.45, 7) is 0. The maximum Gasteiger partial charge on any atom is 0.358 e. The number of hydrogen-bond donors (Lipinski definition) is 1. The van der Waals surface area contributed by atoms with Crippen molar-refractivity contribution in [2.45, 2.75) is 6.10 Å². The SMILES string of the molecule is C#CC(O)c1c(Cl)cnc(C(=O)OC)c1Cl. The zero-order valence-corrected chi connectivity index (χ0v) is 9.71. The predicted molar refractivity (Wildman–Crippen MR) is 59.4 cm³/mol. The van der Waals surface area contributed by atoms with Gasteiger partial charge in [0.05, 0.1) is 17.2 Å². The monoisotopic (exact) mass is 259 g/mol. The Morgan fingerprint density at radius 1 is 1.69 bits per heavy atom. The molecule has 0 aliphatic heterocycles. The summed E-state index contributed by atoms with van der Waals surface area (Å²) in [5.41, 5.74) is -0.0703. The molecule has 0 bridgehead atoms. The molecule has 1 unspecified atom stereocenters. The predicted octanol–water partition coefficient (Wildman–Crippen LogP) is 1.84. The Balaban J connectivity index is 3.39. The minimum Gasteiger partial charge on any atom is -0.464 e. The number of methoxy groups -OCH3 is 1. The zero-order valence-electron chi connectivity index (χ0n) is 8.20. The molecule has 0 saturated carbocycles. The Labute approximate surface area is 102 Å². The molecule has 0 amide bonds. The van der Waals surface area contributed by atoms with Gasteiger partial charge in [0.25, 0.3) is 0 Å². The van der Waals surface area contributed by atoms with Crippen LogP contribution in [0.1, 0.15) is 22.2 Å². The van der Waals surface area contributed by atoms with Crippen LogP contribution < -0.4 is 0 Å². The van der Waals surface area contributed by atoms with Crippen LogP contribution in [0.25, 0.3) is 0 Å². The number of nitrogens with zero attached hydrogens (tertiary/aromatic N) is 1. The van der Waals surface area contributed by atoms with Gasteiger partial charge in [-0.3, -0.25) is 0 Å². The van der Waals surface area contributed by atoms with Crippen LogP contribution in [0.4, 0.5) is 0 Å². The molecule has 1 atom stereocenters. The van der Waals surface area contributed by atoms with E-state index in [1.807, 2.05) is 0 Å². The summed E-state index contributed by atoms with van der Waals surface area (Å²) < 4.78 is 4.46. The number of hydrogen-bond acceptors (Lipinski definition) is 4. The van der Waals surface area contributed by atoms with Gasteiger partial charge >= 0.3 is 5.97 Å². The lowest BCUT2D eigenvalue weighted by atomic mass is 10.1. The third-order valence-electron chi connectivity index (χ3n) is 1.82. The van der Waals surface area contributed by atoms with E-state index < -0.39 is 12.1 Å². The third-order valence-corrected chi connectivity index (χ3v) is 2.50. The molecule has 1 heterocycles. The summed E-state index contributed by atoms with van der Waals surface area (Å²) in [6.07, 6.45) is 4.92. The van der Waals surface area contributed by atoms with E-state index in [0.717, 1.165) is 0 Å². The van der Waals surface area contributed by atoms with E-state index in [0.29, 0.717) is 0 Å². The number of rotatable bonds is 2. The number of ether oxygens (including phenoxy) is 1. The van der Waals surface area contributed by atoms with Crippen molar-refractivity contribution in [3.8, 4) is 12.3 Å². The fourth-order valence-corrected chi connectivity index (χ4v) is 1.68. The van der Waals surface area contributed by atoms with Gasteiger partial charge in [0, 0.05) is 11.8 Å². The fourth-order valence-electron chi connectivity index (χ4n) is 1.05. The largest absolute Gasteiger partial charge is 0.464 e. The fraction of sp³-hybridized carbons (Fsp3) is 0.200. The van der Waals surface area contributed by atoms with Crippen LogP contribution in [0, 0.1) is 12.3 Å². The van der Waals surface area contributed by atoms with Crippen LogP contribution in [-0.4, -0.2) is 23.2 Å². The van der Waals surface area contributed by atoms with E-state index in [-0.39, 0.29) is 21.3 Å². The van der Waals surface area contributed by atoms with Crippen molar-refractivity contribution in [3.05, 3.63) is 27.5 Å². The number of halogens is 2. The number of carbonyl (C=O) groups excluding carboxylic acids is 1. The molecule has 0 spiro atoms. The minimum absolute atomic E-state index is 0.0706. The maximum absolute atomic E-state index is 11.3. The lowest BCUT2D eigenvalue weighted by Gasteiger charge is -2.10. The quantitative estimate of drug-likeness (QED) is 0.651. The highest BCUT2D eigenvalue weighted by Crippen LogP contribution is 2.31. The first-order valence-corrected chi connectivity index (χ1v) is 4.85. The molecule has 0 aliphatic rings. The number of aliphatic hydroxyl groups excluding tert-OH is 1. The highest BCUT2D eigenvalue weighted by atomic mass is 35.5. The molecule has 0 aliphatic carbocycles. The van der Waals surface area contributed by atoms with Crippen molar-refractivity contribution in [1.82, 2.24) is 4.98 Å². The molecule has 16 heavy (non-hydrogen) atoms. The lowest BCUT2D eigenvalue weighted by molar-refractivity contribution is 0.0594. The number of pyridine rings is 1. The number of terminal acetylenes is 1. The molecule has 4 nitrogen and oxygen atoms in total. The first-order chi connectivity index (χ1) is 7.52. The van der Waals surface area contributed by atoms with Crippen LogP contribution >= 0.6 is 23.2 Å². The van der Waals surface area contributed by atoms with Crippen molar-refractivity contribution in [1.29, 1.82) is 0 Å². The topological polar surface area (TPSA) is 59.4 Å². The molecular formula is C10H7Cl2NO3. The minimum atomic E-state index is -1.30. The van der Waals surface area contributed by atoms with E-state index >= 15 is 0 Å². The van der Waals surface area contributed by atoms with Gasteiger partial charge in [0.15, 0.2) is 5.69 Å². The van der Waals surface area contributed by atoms with Gasteiger partial charge in [-0.05, 0) is 0 Å². The molecule has 0 radical (unpaired) electrons. The summed E-state index contributed by atoms with van der Waals surface area (Å²) in [5.74, 6) is 1.32. The molecule has 1 aromatic rings. The molecule has 1 rings (SSSR count). The Morgan fingerprint density at radius 2 is 2.31 bits per heavy atom. The van der Waals surface area contributed by atoms with Gasteiger partial charge < -0.3 is 9.84 Å². The van der Waals surface area contributed by atoms with Crippen LogP contribution in [0.5, 0.6) is 0 Å². The second-order valence-electron chi connectivity index (χ2n) is 2.74. The van der Waals surface area contributed by atoms with Gasteiger partial charge in [-0.25, -0.2) is 9.78 Å². The molecule has 0 fully saturated rings. The van der Waals surface area contributed by atoms with E-state index in [2.05, 4.69) is 15.6 Å². The molecule has 1 N–H and O–H groups in total. The Hall–Kier alpha value is -1.28. The average molecular weight is 260 g/mol. The van der Waals surface area contributed by atoms with Crippen molar-refractivity contribution in [2.75, 3.05) is 7.11 Å². The average Bonchev–Trinajstić information content (AvgIpc) is 2.28. The number of carbonyl (C=O) groups is 1. The molecule has 1 aromatic heterocycles. The molecule has 84 valence electrons. The van der Waals surface area contributed by atoms with Crippen LogP contribution in [-0.2, 0) is 4.74 Å². The third kappa shape index (κ3) is 2.27. The number of aromatic nitrogens is 1. The summed E-state index contributed by atoms with van der Waals surface area (Å²) in [6, 6.07) is 0. The van der Waals surface area contributed by atoms with Crippen molar-refractivity contribution < 1.29 is 14.6 Å². The van der Waals surface area contributed by atoms with Crippen molar-refractivity contribution in [2.24, 2.45) is 0 Å². The standard InChI is InChI=1S/C10H7Cl2NO3/c1-3-6(14)7-5(11)4-13-9(8(7)12)10(15)16-2/h1,4,6,14H,2H3. The molecular weight excluding hydrogens is 253 g/mol. The lowest BCUT2D eigenvalue weighted by Crippen LogP contribution is -2.08. The Kier molecular flexibility index (Phi) is 4.13. The highest BCUT2D eigenvalue weighted by molar-refractivity contribution is 6.37. The van der Waals surface area contributed by atoms with Gasteiger partial charge in [-0.1, -0.05) is 29.1 Å². The summed E-state index contributed by atoms with van der Waals surface area (Å²) in [7, 11) is 1.19. The smallest absolute Gasteiger partial charge is 0.358 e. The summed E-state index contributed by atoms with van der Waals surface area (Å²) in [4.78, 5) is 15.0. The van der Waals surface area contributed by atoms with Crippen LogP contribution in [0.15, 0.2) is 6.20 Å². The van der Waals surface area contributed by atoms with Crippen LogP contribution in [0.2, 0.25) is 10.0 Å². The normalized spacial score (nSPS) is 11.7. The molecule has 0 aromatic carbocycles. The zero-order chi connectivity index (χ0) is 12.3. The first-order valence-electron chi connectivity index (χ1n) is 4.09. The van der Waals surface area contributed by atoms with Gasteiger partial charge in [-0.15, -0.1) is 6.42 Å². The van der Waals surface area contributed by atoms with Gasteiger partial charge in [0.2, 0.25) is 0 Å². The summed E-state index contributed by atoms with van der Waals surface area (Å²) >= 11 is 11.6. The number of aliphatic hydroxyl groups is 1. The van der Waals surface area contributed by atoms with E-state index in [1.54, 1.807) is 0 Å². The van der Waals surface area contributed by atoms with Gasteiger partial charge in [0.1, 0.15) is 6.10 Å². The van der Waals surface area contributed by atoms with Crippen LogP contribution in [0.3, 0.4) is 0 Å². The maximum atomic E-state index is 11.3. The summed E-state index contributed by atoms with van der Waals surface area (Å²) in [5, 5.41) is 9.46. The van der Waals surface area contributed by atoms with E-state index in [1.165, 1.54) is 13.3 Å². The van der Waals surface area contributed by atoms with Gasteiger partial charge in [-0.2, -0.15) is 0 Å². The second-order valence-corrected chi connectivity index (χ2v) is 3.53. The Bertz CT molecular complexity index is 468. The molecule has 6 heteroatoms. The second kappa shape index (κ2) is 5.17. The Morgan fingerprint density at radius 3 is 2.81 bits per heavy atom.